The minimum atomic E-state index is -0.585. The molecule has 3 heteroatoms. The second kappa shape index (κ2) is 2.18. The molecule has 3 nitrogen and oxygen atoms in total. The molecule has 0 fully saturated rings. The first kappa shape index (κ1) is 7.44. The Hall–Kier alpha value is -0.670. The number of hydrogen-bond acceptors (Lipinski definition) is 3. The topological polar surface area (TPSA) is 58.6 Å². The zero-order chi connectivity index (χ0) is 7.78. The van der Waals surface area contributed by atoms with E-state index in [1.54, 1.807) is 0 Å². The van der Waals surface area contributed by atoms with Gasteiger partial charge in [0.2, 0.25) is 0 Å². The Morgan fingerprint density at radius 3 is 2.60 bits per heavy atom. The van der Waals surface area contributed by atoms with E-state index in [1.165, 1.54) is 0 Å². The highest BCUT2D eigenvalue weighted by atomic mass is 16.3. The van der Waals surface area contributed by atoms with Gasteiger partial charge in [-0.15, -0.1) is 0 Å². The van der Waals surface area contributed by atoms with Gasteiger partial charge in [-0.2, -0.15) is 0 Å². The van der Waals surface area contributed by atoms with Crippen LogP contribution in [0.3, 0.4) is 0 Å². The molecule has 1 unspecified atom stereocenters. The van der Waals surface area contributed by atoms with Gasteiger partial charge in [0, 0.05) is 0 Å². The molecule has 1 aliphatic rings. The summed E-state index contributed by atoms with van der Waals surface area (Å²) in [5, 5.41) is 8.69. The van der Waals surface area contributed by atoms with Gasteiger partial charge >= 0.3 is 0 Å². The van der Waals surface area contributed by atoms with Crippen LogP contribution in [0.5, 0.6) is 0 Å². The van der Waals surface area contributed by atoms with Gasteiger partial charge < -0.3 is 10.8 Å². The van der Waals surface area contributed by atoms with Crippen LogP contribution in [0.1, 0.15) is 13.8 Å². The molecule has 56 valence electrons. The van der Waals surface area contributed by atoms with Crippen LogP contribution in [0.2, 0.25) is 0 Å². The third-order valence-corrected chi connectivity index (χ3v) is 1.72. The second-order valence-corrected chi connectivity index (χ2v) is 2.74. The second-order valence-electron chi connectivity index (χ2n) is 2.74. The van der Waals surface area contributed by atoms with E-state index in [0.717, 1.165) is 5.57 Å². The fraction of sp³-hybridized carbons (Fsp3) is 0.571. The van der Waals surface area contributed by atoms with Gasteiger partial charge in [-0.05, 0) is 25.5 Å². The molecule has 1 aliphatic heterocycles. The van der Waals surface area contributed by atoms with E-state index in [-0.39, 0.29) is 6.61 Å². The third-order valence-electron chi connectivity index (χ3n) is 1.72. The number of aliphatic imine (C=N–C) groups is 1. The van der Waals surface area contributed by atoms with Crippen molar-refractivity contribution in [3.05, 3.63) is 11.6 Å². The summed E-state index contributed by atoms with van der Waals surface area (Å²) in [6.45, 7) is 3.71. The number of rotatable bonds is 1. The number of aliphatic hydroxyl groups excluding tert-OH is 1. The molecule has 3 N–H and O–H groups in total. The molecular formula is C7H12N2O. The number of aliphatic hydroxyl groups is 1. The van der Waals surface area contributed by atoms with Gasteiger partial charge in [-0.1, -0.05) is 0 Å². The minimum Gasteiger partial charge on any atom is -0.390 e. The van der Waals surface area contributed by atoms with Crippen molar-refractivity contribution in [2.75, 3.05) is 6.61 Å². The molecule has 0 amide bonds. The molecule has 0 saturated carbocycles. The van der Waals surface area contributed by atoms with Crippen molar-refractivity contribution in [1.29, 1.82) is 0 Å². The number of nitrogens with zero attached hydrogens (tertiary/aromatic N) is 1. The zero-order valence-corrected chi connectivity index (χ0v) is 6.26. The van der Waals surface area contributed by atoms with Gasteiger partial charge in [0.25, 0.3) is 0 Å². The summed E-state index contributed by atoms with van der Waals surface area (Å²) in [5.74, 6) is 0. The van der Waals surface area contributed by atoms with Crippen LogP contribution >= 0.6 is 0 Å². The average Bonchev–Trinajstić information content (AvgIpc) is 2.08. The molecule has 10 heavy (non-hydrogen) atoms. The van der Waals surface area contributed by atoms with Crippen molar-refractivity contribution in [2.45, 2.75) is 19.5 Å². The molecule has 0 bridgehead atoms. The van der Waals surface area contributed by atoms with E-state index in [9.17, 15) is 0 Å². The van der Waals surface area contributed by atoms with E-state index in [0.29, 0.717) is 5.71 Å². The SMILES string of the molecule is CC1=CC(CO)=NC1(C)N. The van der Waals surface area contributed by atoms with Crippen LogP contribution in [0.15, 0.2) is 16.6 Å². The lowest BCUT2D eigenvalue weighted by atomic mass is 10.1. The fourth-order valence-electron chi connectivity index (χ4n) is 0.896. The standard InChI is InChI=1S/C7H12N2O/c1-5-3-6(4-10)9-7(5,2)8/h3,10H,4,8H2,1-2H3. The van der Waals surface area contributed by atoms with Gasteiger partial charge in [0.1, 0.15) is 5.66 Å². The number of hydrogen-bond donors (Lipinski definition) is 2. The van der Waals surface area contributed by atoms with Crippen molar-refractivity contribution in [3.63, 3.8) is 0 Å². The maximum atomic E-state index is 8.69. The summed E-state index contributed by atoms with van der Waals surface area (Å²) < 4.78 is 0. The van der Waals surface area contributed by atoms with Crippen LogP contribution in [0.4, 0.5) is 0 Å². The Balaban J connectivity index is 2.88. The highest BCUT2D eigenvalue weighted by Gasteiger charge is 2.24. The van der Waals surface area contributed by atoms with Crippen molar-refractivity contribution in [2.24, 2.45) is 10.7 Å². The van der Waals surface area contributed by atoms with E-state index < -0.39 is 5.66 Å². The highest BCUT2D eigenvalue weighted by Crippen LogP contribution is 2.20. The maximum Gasteiger partial charge on any atom is 0.127 e. The van der Waals surface area contributed by atoms with Crippen LogP contribution in [-0.4, -0.2) is 23.1 Å². The minimum absolute atomic E-state index is 0.0237. The maximum absolute atomic E-state index is 8.69. The van der Waals surface area contributed by atoms with Gasteiger partial charge in [0.05, 0.1) is 12.3 Å². The van der Waals surface area contributed by atoms with E-state index in [4.69, 9.17) is 10.8 Å². The molecule has 0 aromatic heterocycles. The summed E-state index contributed by atoms with van der Waals surface area (Å²) in [6, 6.07) is 0. The lowest BCUT2D eigenvalue weighted by Crippen LogP contribution is -2.33. The molecule has 0 aromatic rings. The van der Waals surface area contributed by atoms with Crippen molar-refractivity contribution < 1.29 is 5.11 Å². The summed E-state index contributed by atoms with van der Waals surface area (Å²) in [7, 11) is 0. The molecule has 1 heterocycles. The number of nitrogens with two attached hydrogens (primary N) is 1. The molecular weight excluding hydrogens is 128 g/mol. The molecule has 0 saturated heterocycles. The molecule has 0 spiro atoms. The van der Waals surface area contributed by atoms with E-state index >= 15 is 0 Å². The van der Waals surface area contributed by atoms with Crippen LogP contribution in [-0.2, 0) is 0 Å². The summed E-state index contributed by atoms with van der Waals surface area (Å²) in [5.41, 5.74) is 6.80. The van der Waals surface area contributed by atoms with Gasteiger partial charge in [-0.25, -0.2) is 0 Å². The molecule has 0 aromatic carbocycles. The van der Waals surface area contributed by atoms with Crippen LogP contribution in [0, 0.1) is 0 Å². The highest BCUT2D eigenvalue weighted by molar-refractivity contribution is 5.99. The molecule has 1 rings (SSSR count). The Kier molecular flexibility index (Phi) is 1.62. The van der Waals surface area contributed by atoms with Crippen molar-refractivity contribution in [3.8, 4) is 0 Å². The van der Waals surface area contributed by atoms with Crippen molar-refractivity contribution in [1.82, 2.24) is 0 Å². The molecule has 1 atom stereocenters. The first-order chi connectivity index (χ1) is 4.56. The van der Waals surface area contributed by atoms with Crippen molar-refractivity contribution >= 4 is 5.71 Å². The lowest BCUT2D eigenvalue weighted by molar-refractivity contribution is 0.357. The Labute approximate surface area is 60.3 Å². The Morgan fingerprint density at radius 2 is 2.40 bits per heavy atom. The van der Waals surface area contributed by atoms with Crippen LogP contribution in [0.25, 0.3) is 0 Å². The largest absolute Gasteiger partial charge is 0.390 e. The third kappa shape index (κ3) is 1.10. The predicted molar refractivity (Wildman–Crippen MR) is 40.9 cm³/mol. The Bertz CT molecular complexity index is 204. The Morgan fingerprint density at radius 1 is 1.80 bits per heavy atom. The van der Waals surface area contributed by atoms with Gasteiger partial charge in [-0.3, -0.25) is 4.99 Å². The van der Waals surface area contributed by atoms with E-state index in [1.807, 2.05) is 19.9 Å². The first-order valence-electron chi connectivity index (χ1n) is 3.23. The summed E-state index contributed by atoms with van der Waals surface area (Å²) in [4.78, 5) is 4.07. The van der Waals surface area contributed by atoms with Gasteiger partial charge in [0.15, 0.2) is 0 Å². The normalized spacial score (nSPS) is 32.0. The first-order valence-corrected chi connectivity index (χ1v) is 3.23. The average molecular weight is 140 g/mol. The van der Waals surface area contributed by atoms with Crippen LogP contribution < -0.4 is 5.73 Å². The smallest absolute Gasteiger partial charge is 0.127 e. The zero-order valence-electron chi connectivity index (χ0n) is 6.26. The molecule has 0 radical (unpaired) electrons. The summed E-state index contributed by atoms with van der Waals surface area (Å²) >= 11 is 0. The molecule has 0 aliphatic carbocycles. The predicted octanol–water partition coefficient (Wildman–Crippen LogP) is 0.0545. The quantitative estimate of drug-likeness (QED) is 0.541. The summed E-state index contributed by atoms with van der Waals surface area (Å²) in [6.07, 6.45) is 1.82. The monoisotopic (exact) mass is 140 g/mol. The fourth-order valence-corrected chi connectivity index (χ4v) is 0.896. The lowest BCUT2D eigenvalue weighted by Gasteiger charge is -2.15. The van der Waals surface area contributed by atoms with E-state index in [2.05, 4.69) is 4.99 Å².